The van der Waals surface area contributed by atoms with E-state index in [1.165, 1.54) is 0 Å². The molecule has 1 heterocycles. The van der Waals surface area contributed by atoms with Crippen LogP contribution >= 0.6 is 0 Å². The number of amides is 1. The molecular formula is C17H24N2O4. The predicted octanol–water partition coefficient (Wildman–Crippen LogP) is 2.00. The van der Waals surface area contributed by atoms with Crippen LogP contribution in [0.3, 0.4) is 0 Å². The van der Waals surface area contributed by atoms with Gasteiger partial charge in [0.15, 0.2) is 0 Å². The summed E-state index contributed by atoms with van der Waals surface area (Å²) >= 11 is 0. The zero-order chi connectivity index (χ0) is 16.8. The normalized spacial score (nSPS) is 21.7. The Kier molecular flexibility index (Phi) is 5.98. The Morgan fingerprint density at radius 3 is 2.78 bits per heavy atom. The molecule has 0 spiro atoms. The fourth-order valence-electron chi connectivity index (χ4n) is 2.97. The van der Waals surface area contributed by atoms with E-state index in [1.807, 2.05) is 39.1 Å². The van der Waals surface area contributed by atoms with Crippen LogP contribution in [0, 0.1) is 0 Å². The summed E-state index contributed by atoms with van der Waals surface area (Å²) in [6, 6.07) is 5.72. The number of benzene rings is 1. The minimum atomic E-state index is -0.178. The maximum absolute atomic E-state index is 10.8. The van der Waals surface area contributed by atoms with Crippen molar-refractivity contribution >= 4 is 18.6 Å². The molecule has 2 atom stereocenters. The molecule has 0 saturated carbocycles. The molecule has 0 unspecified atom stereocenters. The number of hydrogen-bond acceptors (Lipinski definition) is 5. The average molecular weight is 320 g/mol. The lowest BCUT2D eigenvalue weighted by molar-refractivity contribution is -0.136. The first-order chi connectivity index (χ1) is 11.0. The van der Waals surface area contributed by atoms with Crippen molar-refractivity contribution in [2.24, 2.45) is 0 Å². The molecule has 1 saturated heterocycles. The van der Waals surface area contributed by atoms with Gasteiger partial charge in [0.1, 0.15) is 11.9 Å². The van der Waals surface area contributed by atoms with E-state index in [-0.39, 0.29) is 18.1 Å². The zero-order valence-corrected chi connectivity index (χ0v) is 13.8. The van der Waals surface area contributed by atoms with Crippen LogP contribution in [0.4, 0.5) is 5.69 Å². The smallest absolute Gasteiger partial charge is 0.293 e. The van der Waals surface area contributed by atoms with Crippen LogP contribution < -0.4 is 10.1 Å². The highest BCUT2D eigenvalue weighted by Gasteiger charge is 2.30. The van der Waals surface area contributed by atoms with Gasteiger partial charge in [-0.2, -0.15) is 0 Å². The zero-order valence-electron chi connectivity index (χ0n) is 13.8. The summed E-state index contributed by atoms with van der Waals surface area (Å²) in [6.45, 7) is 6.04. The second-order valence-corrected chi connectivity index (χ2v) is 6.11. The van der Waals surface area contributed by atoms with E-state index in [0.29, 0.717) is 30.9 Å². The van der Waals surface area contributed by atoms with Gasteiger partial charge in [-0.15, -0.1) is 0 Å². The van der Waals surface area contributed by atoms with Crippen molar-refractivity contribution in [1.82, 2.24) is 4.90 Å². The minimum Gasteiger partial charge on any atom is -0.489 e. The van der Waals surface area contributed by atoms with Gasteiger partial charge >= 0.3 is 0 Å². The standard InChI is InChI=1S/C17H24N2O4/c1-12(2)23-16-8-13(4-5-15(16)18-10-20)14-6-7-19(3)9-17(14)22-11-21/h4-5,8,10-12,14,17H,6-7,9H2,1-3H3,(H,18,20)/t14-,17-/m1/s1. The first-order valence-electron chi connectivity index (χ1n) is 7.83. The van der Waals surface area contributed by atoms with E-state index in [1.54, 1.807) is 0 Å². The number of anilines is 1. The lowest BCUT2D eigenvalue weighted by Crippen LogP contribution is -2.42. The molecule has 0 radical (unpaired) electrons. The Morgan fingerprint density at radius 2 is 2.13 bits per heavy atom. The summed E-state index contributed by atoms with van der Waals surface area (Å²) in [5, 5.41) is 2.65. The number of carbonyl (C=O) groups excluding carboxylic acids is 2. The van der Waals surface area contributed by atoms with Crippen molar-refractivity contribution in [3.63, 3.8) is 0 Å². The molecule has 6 heteroatoms. The van der Waals surface area contributed by atoms with E-state index in [0.717, 1.165) is 18.5 Å². The van der Waals surface area contributed by atoms with Gasteiger partial charge in [-0.3, -0.25) is 9.59 Å². The number of piperidine rings is 1. The number of carbonyl (C=O) groups is 2. The van der Waals surface area contributed by atoms with Crippen molar-refractivity contribution in [1.29, 1.82) is 0 Å². The van der Waals surface area contributed by atoms with Crippen LogP contribution in [-0.2, 0) is 14.3 Å². The topological polar surface area (TPSA) is 67.9 Å². The fourth-order valence-corrected chi connectivity index (χ4v) is 2.97. The molecule has 1 aromatic rings. The van der Waals surface area contributed by atoms with E-state index in [9.17, 15) is 9.59 Å². The highest BCUT2D eigenvalue weighted by atomic mass is 16.5. The second-order valence-electron chi connectivity index (χ2n) is 6.11. The third kappa shape index (κ3) is 4.45. The number of nitrogens with one attached hydrogen (secondary N) is 1. The molecule has 0 aliphatic carbocycles. The summed E-state index contributed by atoms with van der Waals surface area (Å²) in [4.78, 5) is 23.7. The third-order valence-corrected chi connectivity index (χ3v) is 4.00. The lowest BCUT2D eigenvalue weighted by Gasteiger charge is -2.35. The summed E-state index contributed by atoms with van der Waals surface area (Å²) in [5.41, 5.74) is 1.69. The van der Waals surface area contributed by atoms with Crippen molar-refractivity contribution in [3.8, 4) is 5.75 Å². The molecular weight excluding hydrogens is 296 g/mol. The molecule has 2 rings (SSSR count). The highest BCUT2D eigenvalue weighted by molar-refractivity contribution is 5.75. The van der Waals surface area contributed by atoms with Crippen molar-refractivity contribution < 1.29 is 19.1 Å². The van der Waals surface area contributed by atoms with Gasteiger partial charge in [0.25, 0.3) is 6.47 Å². The molecule has 1 aliphatic rings. The van der Waals surface area contributed by atoms with Gasteiger partial charge in [-0.1, -0.05) is 6.07 Å². The second kappa shape index (κ2) is 7.97. The first kappa shape index (κ1) is 17.3. The number of ether oxygens (including phenoxy) is 2. The van der Waals surface area contributed by atoms with Crippen LogP contribution in [-0.4, -0.2) is 50.1 Å². The molecule has 23 heavy (non-hydrogen) atoms. The first-order valence-corrected chi connectivity index (χ1v) is 7.83. The van der Waals surface area contributed by atoms with Gasteiger partial charge in [0.05, 0.1) is 11.8 Å². The monoisotopic (exact) mass is 320 g/mol. The van der Waals surface area contributed by atoms with Crippen molar-refractivity contribution in [3.05, 3.63) is 23.8 Å². The molecule has 1 N–H and O–H groups in total. The van der Waals surface area contributed by atoms with Crippen molar-refractivity contribution in [2.45, 2.75) is 38.4 Å². The number of nitrogens with zero attached hydrogens (tertiary/aromatic N) is 1. The van der Waals surface area contributed by atoms with E-state index >= 15 is 0 Å². The number of likely N-dealkylation sites (tertiary alicyclic amines) is 1. The SMILES string of the molecule is CC(C)Oc1cc([C@H]2CCN(C)C[C@H]2OC=O)ccc1NC=O. The lowest BCUT2D eigenvalue weighted by atomic mass is 9.87. The van der Waals surface area contributed by atoms with E-state index in [4.69, 9.17) is 9.47 Å². The van der Waals surface area contributed by atoms with Crippen molar-refractivity contribution in [2.75, 3.05) is 25.5 Å². The Labute approximate surface area is 136 Å². The Morgan fingerprint density at radius 1 is 1.35 bits per heavy atom. The van der Waals surface area contributed by atoms with Gasteiger partial charge in [-0.25, -0.2) is 0 Å². The van der Waals surface area contributed by atoms with Crippen LogP contribution in [0.25, 0.3) is 0 Å². The largest absolute Gasteiger partial charge is 0.489 e. The van der Waals surface area contributed by atoms with Gasteiger partial charge in [-0.05, 0) is 51.6 Å². The molecule has 6 nitrogen and oxygen atoms in total. The van der Waals surface area contributed by atoms with E-state index in [2.05, 4.69) is 10.2 Å². The number of rotatable bonds is 7. The van der Waals surface area contributed by atoms with Gasteiger partial charge in [0, 0.05) is 12.5 Å². The maximum atomic E-state index is 10.8. The Hall–Kier alpha value is -2.08. The molecule has 1 aliphatic heterocycles. The summed E-state index contributed by atoms with van der Waals surface area (Å²) in [7, 11) is 2.02. The molecule has 1 fully saturated rings. The van der Waals surface area contributed by atoms with Crippen LogP contribution in [0.5, 0.6) is 5.75 Å². The average Bonchev–Trinajstić information content (AvgIpc) is 2.49. The summed E-state index contributed by atoms with van der Waals surface area (Å²) < 4.78 is 11.1. The highest BCUT2D eigenvalue weighted by Crippen LogP contribution is 2.35. The molecule has 1 aromatic carbocycles. The molecule has 126 valence electrons. The van der Waals surface area contributed by atoms with Crippen LogP contribution in [0.1, 0.15) is 31.7 Å². The summed E-state index contributed by atoms with van der Waals surface area (Å²) in [6.07, 6.45) is 1.35. The van der Waals surface area contributed by atoms with Gasteiger partial charge < -0.3 is 19.7 Å². The number of hydrogen-bond donors (Lipinski definition) is 1. The quantitative estimate of drug-likeness (QED) is 0.778. The fraction of sp³-hybridized carbons (Fsp3) is 0.529. The Bertz CT molecular complexity index is 547. The van der Waals surface area contributed by atoms with Gasteiger partial charge in [0.2, 0.25) is 6.41 Å². The Balaban J connectivity index is 2.29. The minimum absolute atomic E-state index is 0.00281. The molecule has 0 bridgehead atoms. The molecule has 1 amide bonds. The third-order valence-electron chi connectivity index (χ3n) is 4.00. The van der Waals surface area contributed by atoms with Crippen LogP contribution in [0.15, 0.2) is 18.2 Å². The predicted molar refractivity (Wildman–Crippen MR) is 87.7 cm³/mol. The maximum Gasteiger partial charge on any atom is 0.293 e. The van der Waals surface area contributed by atoms with Crippen LogP contribution in [0.2, 0.25) is 0 Å². The van der Waals surface area contributed by atoms with E-state index < -0.39 is 0 Å². The molecule has 0 aromatic heterocycles. The summed E-state index contributed by atoms with van der Waals surface area (Å²) in [5.74, 6) is 0.754. The number of likely N-dealkylation sites (N-methyl/N-ethyl adjacent to an activating group) is 1.